The van der Waals surface area contributed by atoms with Crippen molar-refractivity contribution in [3.05, 3.63) is 125 Å². The molecular weight excluding hydrogens is 622 g/mol. The van der Waals surface area contributed by atoms with E-state index in [0.717, 1.165) is 9.87 Å². The maximum Gasteiger partial charge on any atom is 0.264 e. The van der Waals surface area contributed by atoms with E-state index in [9.17, 15) is 18.0 Å². The Hall–Kier alpha value is -4.34. The highest BCUT2D eigenvalue weighted by Gasteiger charge is 2.35. The van der Waals surface area contributed by atoms with Gasteiger partial charge in [0, 0.05) is 23.5 Å². The summed E-state index contributed by atoms with van der Waals surface area (Å²) < 4.78 is 34.9. The number of carbonyl (C=O) groups excluding carboxylic acids is 2. The molecule has 0 aromatic heterocycles. The van der Waals surface area contributed by atoms with Gasteiger partial charge in [-0.05, 0) is 81.3 Å². The second-order valence-corrected chi connectivity index (χ2v) is 14.1. The summed E-state index contributed by atoms with van der Waals surface area (Å²) in [5.74, 6) is -0.399. The third-order valence-electron chi connectivity index (χ3n) is 7.11. The maximum atomic E-state index is 14.5. The number of sulfonamides is 1. The molecule has 0 heterocycles. The molecule has 46 heavy (non-hydrogen) atoms. The molecule has 1 N–H and O–H groups in total. The minimum Gasteiger partial charge on any atom is -0.494 e. The molecule has 0 unspecified atom stereocenters. The number of amides is 2. The first-order chi connectivity index (χ1) is 21.9. The third-order valence-corrected chi connectivity index (χ3v) is 9.27. The van der Waals surface area contributed by atoms with E-state index in [1.54, 1.807) is 66.7 Å². The third kappa shape index (κ3) is 9.11. The Bertz CT molecular complexity index is 1710. The molecule has 4 aromatic rings. The lowest BCUT2D eigenvalue weighted by molar-refractivity contribution is -0.140. The van der Waals surface area contributed by atoms with Crippen molar-refractivity contribution in [1.82, 2.24) is 10.2 Å². The number of carbonyl (C=O) groups is 2. The Morgan fingerprint density at radius 2 is 1.43 bits per heavy atom. The summed E-state index contributed by atoms with van der Waals surface area (Å²) in [5, 5.41) is 3.45. The van der Waals surface area contributed by atoms with Crippen LogP contribution in [-0.2, 0) is 32.6 Å². The number of halogens is 1. The highest BCUT2D eigenvalue weighted by Crippen LogP contribution is 2.27. The fourth-order valence-corrected chi connectivity index (χ4v) is 6.55. The largest absolute Gasteiger partial charge is 0.494 e. The topological polar surface area (TPSA) is 96.0 Å². The zero-order chi connectivity index (χ0) is 33.3. The van der Waals surface area contributed by atoms with E-state index < -0.39 is 34.1 Å². The lowest BCUT2D eigenvalue weighted by atomic mass is 10.0. The summed E-state index contributed by atoms with van der Waals surface area (Å²) in [6, 6.07) is 30.0. The first kappa shape index (κ1) is 34.5. The summed E-state index contributed by atoms with van der Waals surface area (Å²) in [7, 11) is -4.23. The number of nitrogens with one attached hydrogen (secondary N) is 1. The van der Waals surface area contributed by atoms with Crippen molar-refractivity contribution in [2.75, 3.05) is 17.5 Å². The summed E-state index contributed by atoms with van der Waals surface area (Å²) >= 11 is 6.56. The number of ether oxygens (including phenoxy) is 1. The molecule has 0 bridgehead atoms. The molecule has 10 heteroatoms. The molecule has 242 valence electrons. The van der Waals surface area contributed by atoms with Crippen LogP contribution in [0.15, 0.2) is 114 Å². The van der Waals surface area contributed by atoms with E-state index >= 15 is 0 Å². The van der Waals surface area contributed by atoms with Gasteiger partial charge in [-0.25, -0.2) is 8.42 Å². The van der Waals surface area contributed by atoms with E-state index in [1.807, 2.05) is 58.0 Å². The zero-order valence-corrected chi connectivity index (χ0v) is 28.1. The molecule has 0 fully saturated rings. The molecule has 4 aromatic carbocycles. The molecule has 0 aliphatic carbocycles. The van der Waals surface area contributed by atoms with Crippen LogP contribution < -0.4 is 14.4 Å². The van der Waals surface area contributed by atoms with Gasteiger partial charge in [0.1, 0.15) is 18.3 Å². The monoisotopic (exact) mass is 661 g/mol. The van der Waals surface area contributed by atoms with Gasteiger partial charge in [0.2, 0.25) is 11.8 Å². The van der Waals surface area contributed by atoms with Crippen molar-refractivity contribution in [1.29, 1.82) is 0 Å². The molecule has 4 rings (SSSR count). The number of rotatable bonds is 13. The number of hydrogen-bond acceptors (Lipinski definition) is 5. The minimum absolute atomic E-state index is 0.00317. The van der Waals surface area contributed by atoms with Crippen LogP contribution in [0.3, 0.4) is 0 Å². The second-order valence-electron chi connectivity index (χ2n) is 11.8. The normalized spacial score (nSPS) is 12.2. The van der Waals surface area contributed by atoms with Crippen LogP contribution >= 0.6 is 11.6 Å². The Labute approximate surface area is 277 Å². The Balaban J connectivity index is 1.80. The van der Waals surface area contributed by atoms with Gasteiger partial charge in [-0.2, -0.15) is 0 Å². The average Bonchev–Trinajstić information content (AvgIpc) is 3.02. The standard InChI is InChI=1S/C36H40ClN3O5S/c1-5-45-30-20-22-31(23-21-30)46(43,44)40(29-17-10-7-11-18-29)26-34(41)39(25-28-16-12-13-19-32(28)37)33(35(42)38-36(2,3)4)24-27-14-8-6-9-15-27/h6-23,33H,5,24-26H2,1-4H3,(H,38,42)/t33-/m0/s1. The lowest BCUT2D eigenvalue weighted by Gasteiger charge is -2.35. The summed E-state index contributed by atoms with van der Waals surface area (Å²) in [4.78, 5) is 29.9. The molecule has 1 atom stereocenters. The highest BCUT2D eigenvalue weighted by atomic mass is 35.5. The highest BCUT2D eigenvalue weighted by molar-refractivity contribution is 7.92. The van der Waals surface area contributed by atoms with E-state index in [1.165, 1.54) is 17.0 Å². The molecule has 8 nitrogen and oxygen atoms in total. The Morgan fingerprint density at radius 1 is 0.848 bits per heavy atom. The SMILES string of the molecule is CCOc1ccc(S(=O)(=O)N(CC(=O)N(Cc2ccccc2Cl)[C@@H](Cc2ccccc2)C(=O)NC(C)(C)C)c2ccccc2)cc1. The van der Waals surface area contributed by atoms with Gasteiger partial charge in [0.15, 0.2) is 0 Å². The molecule has 2 amide bonds. The Morgan fingerprint density at radius 3 is 2.02 bits per heavy atom. The van der Waals surface area contributed by atoms with E-state index in [2.05, 4.69) is 5.32 Å². The minimum atomic E-state index is -4.23. The van der Waals surface area contributed by atoms with Crippen molar-refractivity contribution in [2.45, 2.75) is 57.1 Å². The van der Waals surface area contributed by atoms with Gasteiger partial charge in [-0.1, -0.05) is 78.3 Å². The fraction of sp³-hybridized carbons (Fsp3) is 0.278. The van der Waals surface area contributed by atoms with E-state index in [0.29, 0.717) is 28.6 Å². The van der Waals surface area contributed by atoms with Crippen LogP contribution in [0.1, 0.15) is 38.8 Å². The van der Waals surface area contributed by atoms with Crippen LogP contribution in [0.5, 0.6) is 5.75 Å². The molecule has 0 aliphatic rings. The maximum absolute atomic E-state index is 14.5. The Kier molecular flexibility index (Phi) is 11.5. The number of benzene rings is 4. The second kappa shape index (κ2) is 15.3. The van der Waals surface area contributed by atoms with Gasteiger partial charge in [0.05, 0.1) is 17.2 Å². The number of hydrogen-bond donors (Lipinski definition) is 1. The van der Waals surface area contributed by atoms with E-state index in [-0.39, 0.29) is 23.8 Å². The van der Waals surface area contributed by atoms with Gasteiger partial charge < -0.3 is 15.0 Å². The van der Waals surface area contributed by atoms with Crippen molar-refractivity contribution < 1.29 is 22.7 Å². The van der Waals surface area contributed by atoms with Crippen LogP contribution in [-0.4, -0.2) is 49.9 Å². The molecule has 0 radical (unpaired) electrons. The first-order valence-corrected chi connectivity index (χ1v) is 16.9. The zero-order valence-electron chi connectivity index (χ0n) is 26.5. The predicted octanol–water partition coefficient (Wildman–Crippen LogP) is 6.49. The molecule has 0 spiro atoms. The summed E-state index contributed by atoms with van der Waals surface area (Å²) in [6.07, 6.45) is 0.204. The molecular formula is C36H40ClN3O5S. The van der Waals surface area contributed by atoms with Crippen molar-refractivity contribution in [2.24, 2.45) is 0 Å². The van der Waals surface area contributed by atoms with Gasteiger partial charge in [-0.3, -0.25) is 13.9 Å². The van der Waals surface area contributed by atoms with Crippen molar-refractivity contribution in [3.63, 3.8) is 0 Å². The number of nitrogens with zero attached hydrogens (tertiary/aromatic N) is 2. The fourth-order valence-electron chi connectivity index (χ4n) is 4.94. The first-order valence-electron chi connectivity index (χ1n) is 15.1. The van der Waals surface area contributed by atoms with Gasteiger partial charge >= 0.3 is 0 Å². The summed E-state index contributed by atoms with van der Waals surface area (Å²) in [6.45, 7) is 7.30. The van der Waals surface area contributed by atoms with Crippen LogP contribution in [0, 0.1) is 0 Å². The quantitative estimate of drug-likeness (QED) is 0.177. The van der Waals surface area contributed by atoms with Crippen LogP contribution in [0.25, 0.3) is 0 Å². The average molecular weight is 662 g/mol. The van der Waals surface area contributed by atoms with Gasteiger partial charge in [0.25, 0.3) is 10.0 Å². The molecule has 0 aliphatic heterocycles. The lowest BCUT2D eigenvalue weighted by Crippen LogP contribution is -2.56. The van der Waals surface area contributed by atoms with Crippen LogP contribution in [0.4, 0.5) is 5.69 Å². The van der Waals surface area contributed by atoms with E-state index in [4.69, 9.17) is 16.3 Å². The number of para-hydroxylation sites is 1. The summed E-state index contributed by atoms with van der Waals surface area (Å²) in [5.41, 5.74) is 1.19. The van der Waals surface area contributed by atoms with Gasteiger partial charge in [-0.15, -0.1) is 0 Å². The van der Waals surface area contributed by atoms with Crippen molar-refractivity contribution >= 4 is 39.1 Å². The number of anilines is 1. The predicted molar refractivity (Wildman–Crippen MR) is 182 cm³/mol. The smallest absolute Gasteiger partial charge is 0.264 e. The molecule has 0 saturated carbocycles. The van der Waals surface area contributed by atoms with Crippen LogP contribution in [0.2, 0.25) is 5.02 Å². The van der Waals surface area contributed by atoms with Crippen molar-refractivity contribution in [3.8, 4) is 5.75 Å². The molecule has 0 saturated heterocycles.